The zero-order valence-electron chi connectivity index (χ0n) is 13.4. The molecule has 0 spiro atoms. The van der Waals surface area contributed by atoms with E-state index in [0.29, 0.717) is 19.8 Å². The Bertz CT molecular complexity index is 627. The third kappa shape index (κ3) is 3.91. The van der Waals surface area contributed by atoms with Gasteiger partial charge in [-0.15, -0.1) is 0 Å². The number of methoxy groups -OCH3 is 1. The summed E-state index contributed by atoms with van der Waals surface area (Å²) in [6.45, 7) is 1.86. The van der Waals surface area contributed by atoms with E-state index < -0.39 is 0 Å². The third-order valence-electron chi connectivity index (χ3n) is 4.21. The zero-order chi connectivity index (χ0) is 16.1. The topological polar surface area (TPSA) is 50.7 Å². The predicted molar refractivity (Wildman–Crippen MR) is 89.5 cm³/mol. The molecule has 4 nitrogen and oxygen atoms in total. The smallest absolute Gasteiger partial charge is 0.119 e. The number of ether oxygens (including phenoxy) is 2. The van der Waals surface area contributed by atoms with Crippen molar-refractivity contribution in [3.63, 3.8) is 0 Å². The van der Waals surface area contributed by atoms with Gasteiger partial charge < -0.3 is 19.9 Å². The Balaban J connectivity index is 1.56. The Morgan fingerprint density at radius 3 is 2.65 bits per heavy atom. The van der Waals surface area contributed by atoms with Crippen molar-refractivity contribution in [2.45, 2.75) is 25.1 Å². The lowest BCUT2D eigenvalue weighted by Gasteiger charge is -2.18. The molecule has 0 aliphatic heterocycles. The molecule has 0 aromatic heterocycles. The summed E-state index contributed by atoms with van der Waals surface area (Å²) in [5.41, 5.74) is 3.61. The number of benzene rings is 2. The van der Waals surface area contributed by atoms with Gasteiger partial charge in [-0.3, -0.25) is 0 Å². The van der Waals surface area contributed by atoms with Crippen molar-refractivity contribution in [3.8, 4) is 5.75 Å². The largest absolute Gasteiger partial charge is 0.491 e. The fourth-order valence-electron chi connectivity index (χ4n) is 2.99. The molecule has 0 amide bonds. The maximum Gasteiger partial charge on any atom is 0.119 e. The lowest BCUT2D eigenvalue weighted by molar-refractivity contribution is 0.140. The number of fused-ring (bicyclic) bond motifs is 1. The van der Waals surface area contributed by atoms with Crippen LogP contribution in [-0.2, 0) is 17.7 Å². The van der Waals surface area contributed by atoms with Gasteiger partial charge in [0.1, 0.15) is 12.4 Å². The fourth-order valence-corrected chi connectivity index (χ4v) is 2.99. The summed E-state index contributed by atoms with van der Waals surface area (Å²) in [4.78, 5) is 0. The summed E-state index contributed by atoms with van der Waals surface area (Å²) in [5, 5.41) is 13.7. The maximum absolute atomic E-state index is 10.3. The monoisotopic (exact) mass is 313 g/mol. The Morgan fingerprint density at radius 1 is 1.09 bits per heavy atom. The number of nitrogens with one attached hydrogen (secondary N) is 1. The molecule has 23 heavy (non-hydrogen) atoms. The van der Waals surface area contributed by atoms with Crippen LogP contribution in [-0.4, -0.2) is 31.5 Å². The highest BCUT2D eigenvalue weighted by Gasteiger charge is 2.29. The van der Waals surface area contributed by atoms with E-state index in [1.54, 1.807) is 7.11 Å². The predicted octanol–water partition coefficient (Wildman–Crippen LogP) is 2.46. The summed E-state index contributed by atoms with van der Waals surface area (Å²) < 4.78 is 10.5. The zero-order valence-corrected chi connectivity index (χ0v) is 13.4. The highest BCUT2D eigenvalue weighted by molar-refractivity contribution is 5.36. The normalized spacial score (nSPS) is 19.6. The standard InChI is InChI=1S/C19H23NO3/c1-22-10-11-23-16-8-6-14(7-9-16)13-20-19-17-5-3-2-4-15(17)12-18(19)21/h2-9,18-21H,10-13H2,1H3/t18-,19+/m1/s1. The van der Waals surface area contributed by atoms with E-state index in [4.69, 9.17) is 9.47 Å². The van der Waals surface area contributed by atoms with Gasteiger partial charge in [0, 0.05) is 20.1 Å². The number of aliphatic hydroxyl groups excluding tert-OH is 1. The molecule has 2 aromatic carbocycles. The van der Waals surface area contributed by atoms with Crippen LogP contribution in [0.5, 0.6) is 5.75 Å². The van der Waals surface area contributed by atoms with E-state index in [1.165, 1.54) is 16.7 Å². The Labute approximate surface area is 137 Å². The molecule has 2 atom stereocenters. The molecule has 1 aliphatic carbocycles. The van der Waals surface area contributed by atoms with E-state index in [9.17, 15) is 5.11 Å². The Kier molecular flexibility index (Phi) is 5.28. The van der Waals surface area contributed by atoms with Gasteiger partial charge >= 0.3 is 0 Å². The van der Waals surface area contributed by atoms with Crippen molar-refractivity contribution in [3.05, 3.63) is 65.2 Å². The molecule has 0 fully saturated rings. The second-order valence-electron chi connectivity index (χ2n) is 5.81. The lowest BCUT2D eigenvalue weighted by atomic mass is 10.1. The molecule has 0 unspecified atom stereocenters. The van der Waals surface area contributed by atoms with Crippen LogP contribution < -0.4 is 10.1 Å². The minimum atomic E-state index is -0.357. The van der Waals surface area contributed by atoms with Crippen LogP contribution in [0.15, 0.2) is 48.5 Å². The van der Waals surface area contributed by atoms with Gasteiger partial charge in [-0.25, -0.2) is 0 Å². The molecule has 3 rings (SSSR count). The van der Waals surface area contributed by atoms with Crippen molar-refractivity contribution < 1.29 is 14.6 Å². The molecular weight excluding hydrogens is 290 g/mol. The number of hydrogen-bond acceptors (Lipinski definition) is 4. The van der Waals surface area contributed by atoms with Gasteiger partial charge in [0.2, 0.25) is 0 Å². The molecular formula is C19H23NO3. The first kappa shape index (κ1) is 16.0. The van der Waals surface area contributed by atoms with Gasteiger partial charge in [0.25, 0.3) is 0 Å². The molecule has 122 valence electrons. The van der Waals surface area contributed by atoms with Gasteiger partial charge in [-0.1, -0.05) is 36.4 Å². The molecule has 0 radical (unpaired) electrons. The van der Waals surface area contributed by atoms with Crippen LogP contribution in [0.3, 0.4) is 0 Å². The van der Waals surface area contributed by atoms with Crippen molar-refractivity contribution in [1.82, 2.24) is 5.32 Å². The van der Waals surface area contributed by atoms with Crippen LogP contribution in [0.1, 0.15) is 22.7 Å². The van der Waals surface area contributed by atoms with E-state index in [1.807, 2.05) is 36.4 Å². The van der Waals surface area contributed by atoms with Crippen LogP contribution in [0.4, 0.5) is 0 Å². The first-order valence-electron chi connectivity index (χ1n) is 7.98. The Morgan fingerprint density at radius 2 is 1.87 bits per heavy atom. The second-order valence-corrected chi connectivity index (χ2v) is 5.81. The molecule has 0 saturated heterocycles. The minimum absolute atomic E-state index is 0.00355. The average molecular weight is 313 g/mol. The Hall–Kier alpha value is -1.88. The molecule has 0 saturated carbocycles. The third-order valence-corrected chi connectivity index (χ3v) is 4.21. The first-order valence-corrected chi connectivity index (χ1v) is 7.98. The van der Waals surface area contributed by atoms with Gasteiger partial charge in [-0.05, 0) is 28.8 Å². The fraction of sp³-hybridized carbons (Fsp3) is 0.368. The number of rotatable bonds is 7. The lowest BCUT2D eigenvalue weighted by Crippen LogP contribution is -2.28. The molecule has 2 aromatic rings. The average Bonchev–Trinajstić information content (AvgIpc) is 2.90. The van der Waals surface area contributed by atoms with Crippen molar-refractivity contribution >= 4 is 0 Å². The summed E-state index contributed by atoms with van der Waals surface area (Å²) in [6.07, 6.45) is 0.365. The summed E-state index contributed by atoms with van der Waals surface area (Å²) >= 11 is 0. The molecule has 2 N–H and O–H groups in total. The summed E-state index contributed by atoms with van der Waals surface area (Å²) in [6, 6.07) is 16.3. The van der Waals surface area contributed by atoms with E-state index in [2.05, 4.69) is 17.4 Å². The van der Waals surface area contributed by atoms with Gasteiger partial charge in [0.05, 0.1) is 18.8 Å². The highest BCUT2D eigenvalue weighted by Crippen LogP contribution is 2.31. The summed E-state index contributed by atoms with van der Waals surface area (Å²) in [5.74, 6) is 0.844. The SMILES string of the molecule is COCCOc1ccc(CN[C@H]2c3ccccc3C[C@H]2O)cc1. The van der Waals surface area contributed by atoms with Crippen molar-refractivity contribution in [1.29, 1.82) is 0 Å². The first-order chi connectivity index (χ1) is 11.3. The van der Waals surface area contributed by atoms with Crippen LogP contribution in [0, 0.1) is 0 Å². The van der Waals surface area contributed by atoms with E-state index in [-0.39, 0.29) is 12.1 Å². The van der Waals surface area contributed by atoms with Crippen molar-refractivity contribution in [2.24, 2.45) is 0 Å². The molecule has 4 heteroatoms. The van der Waals surface area contributed by atoms with Gasteiger partial charge in [-0.2, -0.15) is 0 Å². The van der Waals surface area contributed by atoms with E-state index in [0.717, 1.165) is 12.2 Å². The number of aliphatic hydroxyl groups is 1. The molecule has 0 bridgehead atoms. The summed E-state index contributed by atoms with van der Waals surface area (Å²) in [7, 11) is 1.66. The van der Waals surface area contributed by atoms with Crippen LogP contribution >= 0.6 is 0 Å². The highest BCUT2D eigenvalue weighted by atomic mass is 16.5. The van der Waals surface area contributed by atoms with Gasteiger partial charge in [0.15, 0.2) is 0 Å². The van der Waals surface area contributed by atoms with Crippen LogP contribution in [0.2, 0.25) is 0 Å². The quantitative estimate of drug-likeness (QED) is 0.771. The number of hydrogen-bond donors (Lipinski definition) is 2. The molecule has 1 aliphatic rings. The van der Waals surface area contributed by atoms with E-state index >= 15 is 0 Å². The maximum atomic E-state index is 10.3. The minimum Gasteiger partial charge on any atom is -0.491 e. The second kappa shape index (κ2) is 7.59. The van der Waals surface area contributed by atoms with Crippen molar-refractivity contribution in [2.75, 3.05) is 20.3 Å². The molecule has 0 heterocycles. The van der Waals surface area contributed by atoms with Crippen LogP contribution in [0.25, 0.3) is 0 Å².